The third-order valence-electron chi connectivity index (χ3n) is 3.87. The first-order valence-corrected chi connectivity index (χ1v) is 7.54. The maximum Gasteiger partial charge on any atom is 0.0543 e. The zero-order valence-corrected chi connectivity index (χ0v) is 12.3. The first-order valence-electron chi connectivity index (χ1n) is 7.54. The highest BCUT2D eigenvalue weighted by Crippen LogP contribution is 2.16. The van der Waals surface area contributed by atoms with Gasteiger partial charge in [0, 0.05) is 36.7 Å². The van der Waals surface area contributed by atoms with Crippen molar-refractivity contribution in [2.75, 3.05) is 18.4 Å². The summed E-state index contributed by atoms with van der Waals surface area (Å²) in [6, 6.07) is 8.70. The molecule has 4 nitrogen and oxygen atoms in total. The van der Waals surface area contributed by atoms with Crippen molar-refractivity contribution in [3.05, 3.63) is 54.4 Å². The Hall–Kier alpha value is -2.07. The molecule has 110 valence electrons. The van der Waals surface area contributed by atoms with Crippen molar-refractivity contribution >= 4 is 11.9 Å². The number of hydrogen-bond donors (Lipinski definition) is 1. The minimum atomic E-state index is 0.779. The first-order chi connectivity index (χ1) is 10.3. The van der Waals surface area contributed by atoms with Crippen LogP contribution in [0.1, 0.15) is 24.0 Å². The number of nitrogens with one attached hydrogen (secondary N) is 1. The van der Waals surface area contributed by atoms with Gasteiger partial charge in [-0.15, -0.1) is 0 Å². The van der Waals surface area contributed by atoms with Crippen LogP contribution in [0.25, 0.3) is 6.20 Å². The molecule has 1 aromatic heterocycles. The molecule has 1 N–H and O–H groups in total. The van der Waals surface area contributed by atoms with Gasteiger partial charge >= 0.3 is 0 Å². The molecular weight excluding hydrogens is 260 g/mol. The van der Waals surface area contributed by atoms with Crippen LogP contribution in [0.3, 0.4) is 0 Å². The second-order valence-electron chi connectivity index (χ2n) is 5.55. The molecule has 0 amide bonds. The molecule has 2 aromatic rings. The molecule has 0 spiro atoms. The molecule has 2 heterocycles. The molecule has 0 unspecified atom stereocenters. The molecule has 1 saturated heterocycles. The minimum Gasteiger partial charge on any atom is -0.381 e. The fraction of sp³-hybridized carbons (Fsp3) is 0.353. The number of benzene rings is 1. The van der Waals surface area contributed by atoms with E-state index in [1.54, 1.807) is 10.9 Å². The van der Waals surface area contributed by atoms with Gasteiger partial charge in [0.15, 0.2) is 0 Å². The Labute approximate surface area is 126 Å². The van der Waals surface area contributed by atoms with Gasteiger partial charge in [-0.3, -0.25) is 4.90 Å². The van der Waals surface area contributed by atoms with E-state index in [9.17, 15) is 0 Å². The number of nitrogens with zero attached hydrogens (tertiary/aromatic N) is 3. The number of likely N-dealkylation sites (tertiary alicyclic amines) is 1. The number of rotatable bonds is 6. The third kappa shape index (κ3) is 3.73. The Balaban J connectivity index is 1.58. The minimum absolute atomic E-state index is 0.779. The molecule has 21 heavy (non-hydrogen) atoms. The molecule has 1 aliphatic rings. The maximum absolute atomic E-state index is 4.18. The maximum atomic E-state index is 4.18. The summed E-state index contributed by atoms with van der Waals surface area (Å²) < 4.78 is 1.72. The van der Waals surface area contributed by atoms with Gasteiger partial charge < -0.3 is 5.32 Å². The van der Waals surface area contributed by atoms with Crippen LogP contribution in [0, 0.1) is 0 Å². The molecule has 0 radical (unpaired) electrons. The molecule has 0 bridgehead atoms. The zero-order valence-electron chi connectivity index (χ0n) is 12.3. The Morgan fingerprint density at radius 1 is 1.24 bits per heavy atom. The Bertz CT molecular complexity index is 596. The molecule has 0 atom stereocenters. The Morgan fingerprint density at radius 2 is 2.10 bits per heavy atom. The van der Waals surface area contributed by atoms with Crippen LogP contribution in [-0.2, 0) is 13.1 Å². The van der Waals surface area contributed by atoms with Crippen LogP contribution in [0.15, 0.2) is 43.2 Å². The Kier molecular flexibility index (Phi) is 4.36. The summed E-state index contributed by atoms with van der Waals surface area (Å²) in [5.74, 6) is 0. The summed E-state index contributed by atoms with van der Waals surface area (Å²) in [4.78, 5) is 2.52. The molecule has 0 aliphatic carbocycles. The SMILES string of the molecule is C=Cn1cc(CNc2cccc(CN3CCCC3)c2)cn1. The van der Waals surface area contributed by atoms with Crippen LogP contribution in [0.4, 0.5) is 5.69 Å². The van der Waals surface area contributed by atoms with Crippen molar-refractivity contribution in [3.8, 4) is 0 Å². The van der Waals surface area contributed by atoms with E-state index in [2.05, 4.69) is 46.2 Å². The summed E-state index contributed by atoms with van der Waals surface area (Å²) in [5.41, 5.74) is 3.70. The third-order valence-corrected chi connectivity index (χ3v) is 3.87. The number of anilines is 1. The molecule has 4 heteroatoms. The zero-order chi connectivity index (χ0) is 14.5. The van der Waals surface area contributed by atoms with E-state index in [1.807, 2.05) is 12.4 Å². The lowest BCUT2D eigenvalue weighted by molar-refractivity contribution is 0.331. The number of aromatic nitrogens is 2. The second-order valence-corrected chi connectivity index (χ2v) is 5.55. The lowest BCUT2D eigenvalue weighted by Gasteiger charge is -2.15. The van der Waals surface area contributed by atoms with E-state index in [-0.39, 0.29) is 0 Å². The van der Waals surface area contributed by atoms with Crippen LogP contribution in [0.5, 0.6) is 0 Å². The highest BCUT2D eigenvalue weighted by atomic mass is 15.2. The van der Waals surface area contributed by atoms with Crippen LogP contribution < -0.4 is 5.32 Å². The topological polar surface area (TPSA) is 33.1 Å². The summed E-state index contributed by atoms with van der Waals surface area (Å²) in [5, 5.41) is 7.64. The smallest absolute Gasteiger partial charge is 0.0543 e. The predicted octanol–water partition coefficient (Wildman–Crippen LogP) is 3.19. The van der Waals surface area contributed by atoms with Gasteiger partial charge in [-0.1, -0.05) is 18.7 Å². The summed E-state index contributed by atoms with van der Waals surface area (Å²) in [6.45, 7) is 8.01. The molecule has 1 aliphatic heterocycles. The standard InChI is InChI=1S/C17H22N4/c1-2-21-14-16(12-19-21)11-18-17-7-5-6-15(10-17)13-20-8-3-4-9-20/h2,5-7,10,12,14,18H,1,3-4,8-9,11,13H2. The highest BCUT2D eigenvalue weighted by molar-refractivity contribution is 5.46. The average Bonchev–Trinajstić information content (AvgIpc) is 3.17. The first kappa shape index (κ1) is 13.9. The molecule has 1 aromatic carbocycles. The van der Waals surface area contributed by atoms with Crippen molar-refractivity contribution in [3.63, 3.8) is 0 Å². The second kappa shape index (κ2) is 6.59. The number of hydrogen-bond acceptors (Lipinski definition) is 3. The average molecular weight is 282 g/mol. The summed E-state index contributed by atoms with van der Waals surface area (Å²) in [7, 11) is 0. The molecule has 0 saturated carbocycles. The monoisotopic (exact) mass is 282 g/mol. The van der Waals surface area contributed by atoms with Crippen molar-refractivity contribution in [2.45, 2.75) is 25.9 Å². The molecule has 3 rings (SSSR count). The molecule has 1 fully saturated rings. The van der Waals surface area contributed by atoms with E-state index in [0.717, 1.165) is 24.3 Å². The molecular formula is C17H22N4. The fourth-order valence-corrected chi connectivity index (χ4v) is 2.75. The van der Waals surface area contributed by atoms with Crippen molar-refractivity contribution < 1.29 is 0 Å². The van der Waals surface area contributed by atoms with Crippen LogP contribution >= 0.6 is 0 Å². The van der Waals surface area contributed by atoms with Crippen molar-refractivity contribution in [1.82, 2.24) is 14.7 Å². The van der Waals surface area contributed by atoms with Gasteiger partial charge in [0.25, 0.3) is 0 Å². The van der Waals surface area contributed by atoms with Crippen molar-refractivity contribution in [1.29, 1.82) is 0 Å². The van der Waals surface area contributed by atoms with Gasteiger partial charge in [-0.2, -0.15) is 5.10 Å². The van der Waals surface area contributed by atoms with E-state index in [1.165, 1.54) is 31.5 Å². The quantitative estimate of drug-likeness (QED) is 0.883. The fourth-order valence-electron chi connectivity index (χ4n) is 2.75. The lowest BCUT2D eigenvalue weighted by atomic mass is 10.2. The van der Waals surface area contributed by atoms with Gasteiger partial charge in [0.05, 0.1) is 6.20 Å². The largest absolute Gasteiger partial charge is 0.381 e. The van der Waals surface area contributed by atoms with Crippen molar-refractivity contribution in [2.24, 2.45) is 0 Å². The highest BCUT2D eigenvalue weighted by Gasteiger charge is 2.11. The van der Waals surface area contributed by atoms with E-state index in [4.69, 9.17) is 0 Å². The lowest BCUT2D eigenvalue weighted by Crippen LogP contribution is -2.18. The van der Waals surface area contributed by atoms with E-state index < -0.39 is 0 Å². The van der Waals surface area contributed by atoms with Gasteiger partial charge in [-0.05, 0) is 43.6 Å². The normalized spacial score (nSPS) is 15.2. The summed E-state index contributed by atoms with van der Waals surface area (Å²) >= 11 is 0. The summed E-state index contributed by atoms with van der Waals surface area (Å²) in [6.07, 6.45) is 8.22. The van der Waals surface area contributed by atoms with Crippen LogP contribution in [-0.4, -0.2) is 27.8 Å². The predicted molar refractivity (Wildman–Crippen MR) is 86.9 cm³/mol. The van der Waals surface area contributed by atoms with E-state index in [0.29, 0.717) is 0 Å². The van der Waals surface area contributed by atoms with Gasteiger partial charge in [0.2, 0.25) is 0 Å². The van der Waals surface area contributed by atoms with E-state index >= 15 is 0 Å². The Morgan fingerprint density at radius 3 is 2.86 bits per heavy atom. The van der Waals surface area contributed by atoms with Crippen LogP contribution in [0.2, 0.25) is 0 Å². The van der Waals surface area contributed by atoms with Gasteiger partial charge in [-0.25, -0.2) is 4.68 Å². The van der Waals surface area contributed by atoms with Gasteiger partial charge in [0.1, 0.15) is 0 Å².